The molecular weight excluding hydrogens is 318 g/mol. The zero-order valence-corrected chi connectivity index (χ0v) is 13.4. The molecule has 1 aromatic rings. The molecule has 1 spiro atoms. The summed E-state index contributed by atoms with van der Waals surface area (Å²) in [7, 11) is 0. The van der Waals surface area contributed by atoms with E-state index in [0.29, 0.717) is 6.42 Å². The summed E-state index contributed by atoms with van der Waals surface area (Å²) in [6, 6.07) is 5.69. The van der Waals surface area contributed by atoms with Crippen LogP contribution in [0.2, 0.25) is 0 Å². The van der Waals surface area contributed by atoms with Crippen LogP contribution in [0.4, 0.5) is 0 Å². The molecule has 20 heavy (non-hydrogen) atoms. The Morgan fingerprint density at radius 3 is 2.80 bits per heavy atom. The van der Waals surface area contributed by atoms with Gasteiger partial charge in [-0.15, -0.1) is 0 Å². The van der Waals surface area contributed by atoms with Crippen molar-refractivity contribution in [2.24, 2.45) is 0 Å². The predicted octanol–water partition coefficient (Wildman–Crippen LogP) is 3.66. The third-order valence-electron chi connectivity index (χ3n) is 4.36. The number of carbonyl (C=O) groups is 1. The Morgan fingerprint density at radius 2 is 2.10 bits per heavy atom. The molecule has 3 rings (SSSR count). The van der Waals surface area contributed by atoms with E-state index in [-0.39, 0.29) is 11.4 Å². The van der Waals surface area contributed by atoms with E-state index in [1.165, 1.54) is 6.42 Å². The van der Waals surface area contributed by atoms with Crippen LogP contribution in [0.1, 0.15) is 43.0 Å². The fraction of sp³-hybridized carbons (Fsp3) is 0.562. The lowest BCUT2D eigenvalue weighted by Gasteiger charge is -2.44. The highest BCUT2D eigenvalue weighted by atomic mass is 79.9. The van der Waals surface area contributed by atoms with Crippen molar-refractivity contribution in [2.45, 2.75) is 38.2 Å². The predicted molar refractivity (Wildman–Crippen MR) is 82.4 cm³/mol. The number of ketones is 1. The molecule has 0 aromatic heterocycles. The van der Waals surface area contributed by atoms with E-state index in [2.05, 4.69) is 27.8 Å². The van der Waals surface area contributed by atoms with Crippen LogP contribution >= 0.6 is 15.9 Å². The molecule has 3 nitrogen and oxygen atoms in total. The maximum Gasteiger partial charge on any atom is 0.170 e. The van der Waals surface area contributed by atoms with E-state index in [4.69, 9.17) is 4.74 Å². The number of hydrogen-bond acceptors (Lipinski definition) is 3. The first-order valence-corrected chi connectivity index (χ1v) is 8.15. The molecule has 4 heteroatoms. The van der Waals surface area contributed by atoms with Crippen LogP contribution in [0.3, 0.4) is 0 Å². The Morgan fingerprint density at radius 1 is 1.35 bits per heavy atom. The smallest absolute Gasteiger partial charge is 0.170 e. The van der Waals surface area contributed by atoms with E-state index < -0.39 is 0 Å². The van der Waals surface area contributed by atoms with Crippen LogP contribution in [0.5, 0.6) is 5.75 Å². The monoisotopic (exact) mass is 337 g/mol. The molecular formula is C16H20BrNO2. The third-order valence-corrected chi connectivity index (χ3v) is 4.85. The van der Waals surface area contributed by atoms with Crippen molar-refractivity contribution in [1.82, 2.24) is 4.90 Å². The molecule has 0 aliphatic carbocycles. The minimum absolute atomic E-state index is 0.225. The molecule has 1 fully saturated rings. The summed E-state index contributed by atoms with van der Waals surface area (Å²) in [5.41, 5.74) is 0.463. The average Bonchev–Trinajstić information content (AvgIpc) is 2.41. The van der Waals surface area contributed by atoms with Crippen molar-refractivity contribution in [1.29, 1.82) is 0 Å². The number of piperidine rings is 1. The van der Waals surface area contributed by atoms with Gasteiger partial charge in [0.05, 0.1) is 12.0 Å². The van der Waals surface area contributed by atoms with Gasteiger partial charge in [0, 0.05) is 30.4 Å². The molecule has 108 valence electrons. The highest BCUT2D eigenvalue weighted by Gasteiger charge is 2.42. The van der Waals surface area contributed by atoms with Gasteiger partial charge in [0.25, 0.3) is 0 Å². The van der Waals surface area contributed by atoms with Gasteiger partial charge in [-0.1, -0.05) is 22.9 Å². The van der Waals surface area contributed by atoms with Gasteiger partial charge in [-0.05, 0) is 31.2 Å². The van der Waals surface area contributed by atoms with Crippen LogP contribution < -0.4 is 4.74 Å². The fourth-order valence-corrected chi connectivity index (χ4v) is 3.59. The molecule has 0 saturated carbocycles. The highest BCUT2D eigenvalue weighted by Crippen LogP contribution is 2.40. The molecule has 2 aliphatic rings. The second-order valence-corrected chi connectivity index (χ2v) is 6.78. The molecule has 2 aliphatic heterocycles. The van der Waals surface area contributed by atoms with Gasteiger partial charge in [0.1, 0.15) is 11.4 Å². The number of halogens is 1. The largest absolute Gasteiger partial charge is 0.486 e. The number of nitrogens with zero attached hydrogens (tertiary/aromatic N) is 1. The minimum atomic E-state index is -0.269. The van der Waals surface area contributed by atoms with Gasteiger partial charge in [0.15, 0.2) is 5.78 Å². The van der Waals surface area contributed by atoms with Gasteiger partial charge >= 0.3 is 0 Å². The van der Waals surface area contributed by atoms with E-state index in [9.17, 15) is 4.79 Å². The standard InChI is InChI=1S/C16H20BrNO2/c1-2-7-18-8-5-16(6-9-18)11-14(19)13-4-3-12(17)10-15(13)20-16/h3-4,10H,2,5-9,11H2,1H3. The molecule has 0 radical (unpaired) electrons. The summed E-state index contributed by atoms with van der Waals surface area (Å²) in [5.74, 6) is 0.974. The Balaban J connectivity index is 1.79. The topological polar surface area (TPSA) is 29.5 Å². The van der Waals surface area contributed by atoms with Crippen LogP contribution in [-0.4, -0.2) is 35.9 Å². The zero-order valence-electron chi connectivity index (χ0n) is 11.8. The van der Waals surface area contributed by atoms with Crippen molar-refractivity contribution >= 4 is 21.7 Å². The first kappa shape index (κ1) is 14.1. The summed E-state index contributed by atoms with van der Waals surface area (Å²) in [6.07, 6.45) is 3.61. The van der Waals surface area contributed by atoms with Gasteiger partial charge in [-0.2, -0.15) is 0 Å². The summed E-state index contributed by atoms with van der Waals surface area (Å²) in [6.45, 7) is 5.42. The quantitative estimate of drug-likeness (QED) is 0.824. The molecule has 0 unspecified atom stereocenters. The lowest BCUT2D eigenvalue weighted by molar-refractivity contribution is -0.00890. The molecule has 0 N–H and O–H groups in total. The Hall–Kier alpha value is -0.870. The van der Waals surface area contributed by atoms with Crippen molar-refractivity contribution < 1.29 is 9.53 Å². The van der Waals surface area contributed by atoms with Crippen molar-refractivity contribution in [3.8, 4) is 5.75 Å². The number of fused-ring (bicyclic) bond motifs is 1. The number of benzene rings is 1. The summed E-state index contributed by atoms with van der Waals surface area (Å²) >= 11 is 3.45. The van der Waals surface area contributed by atoms with Gasteiger partial charge in [0.2, 0.25) is 0 Å². The molecule has 0 atom stereocenters. The number of hydrogen-bond donors (Lipinski definition) is 0. The number of likely N-dealkylation sites (tertiary alicyclic amines) is 1. The second-order valence-electron chi connectivity index (χ2n) is 5.87. The molecule has 2 heterocycles. The van der Waals surface area contributed by atoms with E-state index >= 15 is 0 Å². The Kier molecular flexibility index (Phi) is 3.87. The fourth-order valence-electron chi connectivity index (χ4n) is 3.25. The number of carbonyl (C=O) groups excluding carboxylic acids is 1. The molecule has 1 saturated heterocycles. The van der Waals surface area contributed by atoms with Crippen molar-refractivity contribution in [3.05, 3.63) is 28.2 Å². The lowest BCUT2D eigenvalue weighted by atomic mass is 9.82. The normalized spacial score (nSPS) is 21.6. The van der Waals surface area contributed by atoms with Gasteiger partial charge < -0.3 is 9.64 Å². The molecule has 0 bridgehead atoms. The lowest BCUT2D eigenvalue weighted by Crippen LogP contribution is -2.51. The van der Waals surface area contributed by atoms with Crippen molar-refractivity contribution in [2.75, 3.05) is 19.6 Å². The minimum Gasteiger partial charge on any atom is -0.486 e. The summed E-state index contributed by atoms with van der Waals surface area (Å²) in [5, 5.41) is 0. The third kappa shape index (κ3) is 2.63. The van der Waals surface area contributed by atoms with Gasteiger partial charge in [-0.3, -0.25) is 4.79 Å². The first-order valence-electron chi connectivity index (χ1n) is 7.36. The average molecular weight is 338 g/mol. The summed E-state index contributed by atoms with van der Waals surface area (Å²) < 4.78 is 7.22. The first-order chi connectivity index (χ1) is 9.62. The maximum absolute atomic E-state index is 12.4. The van der Waals surface area contributed by atoms with Crippen molar-refractivity contribution in [3.63, 3.8) is 0 Å². The maximum atomic E-state index is 12.4. The van der Waals surface area contributed by atoms with Crippen LogP contribution in [0.25, 0.3) is 0 Å². The Bertz CT molecular complexity index is 521. The molecule has 0 amide bonds. The summed E-state index contributed by atoms with van der Waals surface area (Å²) in [4.78, 5) is 14.8. The number of rotatable bonds is 2. The van der Waals surface area contributed by atoms with E-state index in [1.807, 2.05) is 18.2 Å². The second kappa shape index (κ2) is 5.49. The van der Waals surface area contributed by atoms with Crippen LogP contribution in [-0.2, 0) is 0 Å². The SMILES string of the molecule is CCCN1CCC2(CC1)CC(=O)c1ccc(Br)cc1O2. The van der Waals surface area contributed by atoms with Gasteiger partial charge in [-0.25, -0.2) is 0 Å². The van der Waals surface area contributed by atoms with E-state index in [1.54, 1.807) is 0 Å². The van der Waals surface area contributed by atoms with Crippen LogP contribution in [0, 0.1) is 0 Å². The number of Topliss-reactive ketones (excluding diaryl/α,β-unsaturated/α-hetero) is 1. The van der Waals surface area contributed by atoms with E-state index in [0.717, 1.165) is 48.3 Å². The number of ether oxygens (including phenoxy) is 1. The molecule has 1 aromatic carbocycles. The van der Waals surface area contributed by atoms with Crippen LogP contribution in [0.15, 0.2) is 22.7 Å². The highest BCUT2D eigenvalue weighted by molar-refractivity contribution is 9.10. The zero-order chi connectivity index (χ0) is 14.2. The Labute approximate surface area is 128 Å².